The summed E-state index contributed by atoms with van der Waals surface area (Å²) >= 11 is 0. The minimum atomic E-state index is -0.266. The van der Waals surface area contributed by atoms with Crippen molar-refractivity contribution >= 4 is 32.1 Å². The van der Waals surface area contributed by atoms with Gasteiger partial charge in [0.15, 0.2) is 5.82 Å². The average Bonchev–Trinajstić information content (AvgIpc) is 2.78. The first-order chi connectivity index (χ1) is 15.1. The molecule has 0 spiro atoms. The predicted molar refractivity (Wildman–Crippen MR) is 129 cm³/mol. The van der Waals surface area contributed by atoms with E-state index in [-0.39, 0.29) is 15.3 Å². The van der Waals surface area contributed by atoms with Gasteiger partial charge in [-0.25, -0.2) is 14.4 Å². The highest BCUT2D eigenvalue weighted by molar-refractivity contribution is 6.33. The van der Waals surface area contributed by atoms with Gasteiger partial charge in [-0.2, -0.15) is 0 Å². The number of piperidine rings is 1. The zero-order valence-electron chi connectivity index (χ0n) is 18.5. The van der Waals surface area contributed by atoms with Crippen molar-refractivity contribution in [3.05, 3.63) is 42.5 Å². The molecular formula is C23H31FN6Si. The largest absolute Gasteiger partial charge is 0.375 e. The van der Waals surface area contributed by atoms with Gasteiger partial charge in [-0.3, -0.25) is 4.98 Å². The van der Waals surface area contributed by atoms with Crippen LogP contribution in [0.15, 0.2) is 36.7 Å². The minimum absolute atomic E-state index is 0.0368. The number of benzene rings is 1. The molecule has 0 radical (unpaired) electrons. The molecule has 164 valence electrons. The van der Waals surface area contributed by atoms with Crippen molar-refractivity contribution in [2.75, 3.05) is 43.9 Å². The fourth-order valence-electron chi connectivity index (χ4n) is 4.47. The van der Waals surface area contributed by atoms with Crippen LogP contribution in [0.3, 0.4) is 0 Å². The molecule has 3 aromatic rings. The van der Waals surface area contributed by atoms with Crippen molar-refractivity contribution in [2.45, 2.75) is 19.0 Å². The molecule has 2 atom stereocenters. The Kier molecular flexibility index (Phi) is 6.77. The van der Waals surface area contributed by atoms with Gasteiger partial charge in [0.1, 0.15) is 11.3 Å². The molecule has 2 aromatic heterocycles. The molecule has 4 rings (SSSR count). The lowest BCUT2D eigenvalue weighted by Crippen LogP contribution is -2.40. The van der Waals surface area contributed by atoms with Gasteiger partial charge in [0, 0.05) is 48.1 Å². The zero-order chi connectivity index (χ0) is 21.8. The summed E-state index contributed by atoms with van der Waals surface area (Å²) < 4.78 is 14.6. The molecule has 0 amide bonds. The highest BCUT2D eigenvalue weighted by atomic mass is 28.2. The van der Waals surface area contributed by atoms with E-state index in [1.165, 1.54) is 18.5 Å². The summed E-state index contributed by atoms with van der Waals surface area (Å²) in [6.07, 6.45) is 4.62. The maximum atomic E-state index is 14.6. The maximum absolute atomic E-state index is 14.6. The highest BCUT2D eigenvalue weighted by Crippen LogP contribution is 2.29. The van der Waals surface area contributed by atoms with Crippen molar-refractivity contribution in [1.29, 1.82) is 0 Å². The molecule has 1 aromatic carbocycles. The highest BCUT2D eigenvalue weighted by Gasteiger charge is 2.24. The molecule has 0 bridgehead atoms. The molecule has 0 aliphatic carbocycles. The molecular weight excluding hydrogens is 407 g/mol. The molecule has 2 N–H and O–H groups in total. The zero-order valence-corrected chi connectivity index (χ0v) is 19.9. The van der Waals surface area contributed by atoms with Crippen LogP contribution in [0.5, 0.6) is 0 Å². The number of pyridine rings is 1. The SMILES string of the molecule is C[SiH2]CC1CCNCC1CNc1nc(-c2ccc(N(C)C)c(F)c2)cc2nccnc12. The van der Waals surface area contributed by atoms with E-state index in [0.29, 0.717) is 17.3 Å². The molecule has 1 aliphatic heterocycles. The standard InChI is InChI=1S/C23H31FN6Si/c1-30(2)21-5-4-15(10-18(21)24)19-11-20-22(27-9-8-26-20)23(29-19)28-13-17-12-25-7-6-16(17)14-31-3/h4-5,8-11,16-17,25H,6-7,12-14,31H2,1-3H3,(H,28,29). The average molecular weight is 439 g/mol. The van der Waals surface area contributed by atoms with Crippen molar-refractivity contribution in [1.82, 2.24) is 20.3 Å². The summed E-state index contributed by atoms with van der Waals surface area (Å²) in [5.74, 6) is 1.81. The van der Waals surface area contributed by atoms with E-state index < -0.39 is 0 Å². The third-order valence-corrected chi connectivity index (χ3v) is 7.46. The smallest absolute Gasteiger partial charge is 0.154 e. The fourth-order valence-corrected chi connectivity index (χ4v) is 5.97. The Morgan fingerprint density at radius 3 is 2.81 bits per heavy atom. The number of hydrogen-bond acceptors (Lipinski definition) is 6. The molecule has 8 heteroatoms. The van der Waals surface area contributed by atoms with E-state index >= 15 is 0 Å². The Hall–Kier alpha value is -2.58. The maximum Gasteiger partial charge on any atom is 0.154 e. The first-order valence-corrected chi connectivity index (χ1v) is 13.5. The lowest BCUT2D eigenvalue weighted by Gasteiger charge is -2.32. The summed E-state index contributed by atoms with van der Waals surface area (Å²) in [7, 11) is 3.70. The quantitative estimate of drug-likeness (QED) is 0.553. The van der Waals surface area contributed by atoms with Crippen LogP contribution < -0.4 is 15.5 Å². The number of halogens is 1. The van der Waals surface area contributed by atoms with E-state index in [9.17, 15) is 4.39 Å². The lowest BCUT2D eigenvalue weighted by molar-refractivity contribution is 0.286. The molecule has 2 unspecified atom stereocenters. The van der Waals surface area contributed by atoms with Crippen LogP contribution >= 0.6 is 0 Å². The van der Waals surface area contributed by atoms with E-state index in [4.69, 9.17) is 4.98 Å². The number of nitrogens with one attached hydrogen (secondary N) is 2. The number of hydrogen-bond donors (Lipinski definition) is 2. The Morgan fingerprint density at radius 1 is 1.19 bits per heavy atom. The lowest BCUT2D eigenvalue weighted by atomic mass is 9.88. The molecule has 0 saturated carbocycles. The van der Waals surface area contributed by atoms with Gasteiger partial charge in [0.2, 0.25) is 0 Å². The van der Waals surface area contributed by atoms with Gasteiger partial charge in [-0.05, 0) is 49.5 Å². The number of fused-ring (bicyclic) bond motifs is 1. The Balaban J connectivity index is 1.65. The predicted octanol–water partition coefficient (Wildman–Crippen LogP) is 3.17. The number of aromatic nitrogens is 3. The summed E-state index contributed by atoms with van der Waals surface area (Å²) in [6.45, 7) is 5.39. The van der Waals surface area contributed by atoms with Crippen LogP contribution in [-0.4, -0.2) is 58.2 Å². The molecule has 31 heavy (non-hydrogen) atoms. The number of rotatable bonds is 7. The Labute approximate surface area is 185 Å². The summed E-state index contributed by atoms with van der Waals surface area (Å²) in [5.41, 5.74) is 3.48. The van der Waals surface area contributed by atoms with Crippen LogP contribution in [-0.2, 0) is 0 Å². The van der Waals surface area contributed by atoms with Crippen LogP contribution in [0.1, 0.15) is 6.42 Å². The summed E-state index contributed by atoms with van der Waals surface area (Å²) in [4.78, 5) is 15.6. The second kappa shape index (κ2) is 9.70. The second-order valence-corrected chi connectivity index (χ2v) is 10.1. The molecule has 1 aliphatic rings. The molecule has 1 saturated heterocycles. The summed E-state index contributed by atoms with van der Waals surface area (Å²) in [5, 5.41) is 7.10. The van der Waals surface area contributed by atoms with Crippen LogP contribution in [0.4, 0.5) is 15.9 Å². The first kappa shape index (κ1) is 21.6. The van der Waals surface area contributed by atoms with E-state index in [0.717, 1.165) is 48.0 Å². The molecule has 3 heterocycles. The fraction of sp³-hybridized carbons (Fsp3) is 0.435. The third-order valence-electron chi connectivity index (χ3n) is 6.14. The minimum Gasteiger partial charge on any atom is -0.375 e. The number of nitrogens with zero attached hydrogens (tertiary/aromatic N) is 4. The van der Waals surface area contributed by atoms with Crippen molar-refractivity contribution in [3.63, 3.8) is 0 Å². The van der Waals surface area contributed by atoms with Crippen molar-refractivity contribution in [2.24, 2.45) is 11.8 Å². The normalized spacial score (nSPS) is 19.2. The molecule has 6 nitrogen and oxygen atoms in total. The number of anilines is 2. The van der Waals surface area contributed by atoms with Crippen LogP contribution in [0.2, 0.25) is 12.6 Å². The van der Waals surface area contributed by atoms with Gasteiger partial charge in [0.05, 0.1) is 16.9 Å². The van der Waals surface area contributed by atoms with Gasteiger partial charge in [-0.15, -0.1) is 0 Å². The Bertz CT molecular complexity index is 1040. The van der Waals surface area contributed by atoms with Crippen LogP contribution in [0, 0.1) is 17.7 Å². The van der Waals surface area contributed by atoms with E-state index in [1.807, 2.05) is 26.2 Å². The Morgan fingerprint density at radius 2 is 2.03 bits per heavy atom. The summed E-state index contributed by atoms with van der Waals surface area (Å²) in [6, 6.07) is 8.49. The second-order valence-electron chi connectivity index (χ2n) is 8.52. The first-order valence-electron chi connectivity index (χ1n) is 11.1. The topological polar surface area (TPSA) is 66.0 Å². The van der Waals surface area contributed by atoms with Crippen molar-refractivity contribution in [3.8, 4) is 11.3 Å². The van der Waals surface area contributed by atoms with E-state index in [2.05, 4.69) is 27.1 Å². The van der Waals surface area contributed by atoms with E-state index in [1.54, 1.807) is 23.4 Å². The van der Waals surface area contributed by atoms with Gasteiger partial charge in [-0.1, -0.05) is 18.7 Å². The van der Waals surface area contributed by atoms with Gasteiger partial charge < -0.3 is 15.5 Å². The monoisotopic (exact) mass is 438 g/mol. The van der Waals surface area contributed by atoms with Gasteiger partial charge >= 0.3 is 0 Å². The third kappa shape index (κ3) is 4.85. The van der Waals surface area contributed by atoms with Crippen LogP contribution in [0.25, 0.3) is 22.3 Å². The molecule has 1 fully saturated rings. The van der Waals surface area contributed by atoms with Gasteiger partial charge in [0.25, 0.3) is 0 Å². The van der Waals surface area contributed by atoms with Crippen molar-refractivity contribution < 1.29 is 4.39 Å².